The van der Waals surface area contributed by atoms with E-state index in [1.165, 1.54) is 4.90 Å². The van der Waals surface area contributed by atoms with Gasteiger partial charge < -0.3 is 15.0 Å². The van der Waals surface area contributed by atoms with Crippen LogP contribution in [0.25, 0.3) is 0 Å². The van der Waals surface area contributed by atoms with Crippen LogP contribution < -0.4 is 10.2 Å². The average molecular weight is 389 g/mol. The van der Waals surface area contributed by atoms with E-state index in [-0.39, 0.29) is 18.4 Å². The van der Waals surface area contributed by atoms with Crippen LogP contribution in [0.2, 0.25) is 0 Å². The molecule has 0 unspecified atom stereocenters. The molecule has 0 aromatic heterocycles. The van der Waals surface area contributed by atoms with E-state index in [0.29, 0.717) is 18.0 Å². The van der Waals surface area contributed by atoms with Gasteiger partial charge in [0.25, 0.3) is 5.91 Å². The Balaban J connectivity index is 1.86. The van der Waals surface area contributed by atoms with Crippen LogP contribution in [0.1, 0.15) is 48.5 Å². The second kappa shape index (κ2) is 8.62. The van der Waals surface area contributed by atoms with Crippen LogP contribution in [0.4, 0.5) is 0 Å². The van der Waals surface area contributed by atoms with Crippen LogP contribution in [0.5, 0.6) is 0 Å². The Labute approximate surface area is 168 Å². The molecule has 3 rings (SSSR count). The van der Waals surface area contributed by atoms with Crippen LogP contribution in [0.3, 0.4) is 0 Å². The van der Waals surface area contributed by atoms with Gasteiger partial charge in [-0.05, 0) is 50.2 Å². The molecule has 0 radical (unpaired) electrons. The Morgan fingerprint density at radius 2 is 1.93 bits per heavy atom. The second-order valence-electron chi connectivity index (χ2n) is 8.69. The lowest BCUT2D eigenvalue weighted by molar-refractivity contribution is -0.856. The summed E-state index contributed by atoms with van der Waals surface area (Å²) >= 11 is 0. The predicted octanol–water partition coefficient (Wildman–Crippen LogP) is 1.00. The molecule has 2 amide bonds. The lowest BCUT2D eigenvalue weighted by Gasteiger charge is -2.43. The number of rotatable bonds is 5. The number of likely N-dealkylation sites (N-methyl/N-ethyl adjacent to an activating group) is 1. The highest BCUT2D eigenvalue weighted by Gasteiger charge is 2.53. The minimum absolute atomic E-state index is 0.0939. The highest BCUT2D eigenvalue weighted by Crippen LogP contribution is 2.43. The Kier molecular flexibility index (Phi) is 6.40. The fourth-order valence-electron chi connectivity index (χ4n) is 4.28. The van der Waals surface area contributed by atoms with Gasteiger partial charge in [0.2, 0.25) is 5.91 Å². The third kappa shape index (κ3) is 4.23. The molecule has 1 saturated heterocycles. The molecule has 2 N–H and O–H groups in total. The van der Waals surface area contributed by atoms with Crippen LogP contribution in [-0.2, 0) is 9.53 Å². The maximum absolute atomic E-state index is 13.6. The van der Waals surface area contributed by atoms with Gasteiger partial charge in [-0.25, -0.2) is 0 Å². The van der Waals surface area contributed by atoms with Crippen molar-refractivity contribution in [1.29, 1.82) is 0 Å². The SMILES string of the molecule is Cc1ccccc1C(=O)N1[C@H](C(=O)NCC[NH+](C)C)COC12CCC(C)CC2. The van der Waals surface area contributed by atoms with Gasteiger partial charge in [0.15, 0.2) is 0 Å². The third-order valence-electron chi connectivity index (χ3n) is 6.14. The Bertz CT molecular complexity index is 711. The number of carbonyl (C=O) groups excluding carboxylic acids is 2. The molecule has 1 aromatic carbocycles. The zero-order valence-electron chi connectivity index (χ0n) is 17.6. The maximum atomic E-state index is 13.6. The van der Waals surface area contributed by atoms with Crippen LogP contribution in [-0.4, -0.2) is 62.3 Å². The Morgan fingerprint density at radius 1 is 1.25 bits per heavy atom. The number of hydrogen-bond donors (Lipinski definition) is 2. The first-order valence-corrected chi connectivity index (χ1v) is 10.4. The summed E-state index contributed by atoms with van der Waals surface area (Å²) in [5.74, 6) is 0.419. The van der Waals surface area contributed by atoms with Gasteiger partial charge in [0, 0.05) is 5.56 Å². The largest absolute Gasteiger partial charge is 0.353 e. The first kappa shape index (κ1) is 20.8. The Hall–Kier alpha value is -1.92. The highest BCUT2D eigenvalue weighted by atomic mass is 16.5. The zero-order chi connectivity index (χ0) is 20.3. The molecule has 1 atom stereocenters. The summed E-state index contributed by atoms with van der Waals surface area (Å²) in [6.45, 7) is 5.88. The van der Waals surface area contributed by atoms with Crippen molar-refractivity contribution >= 4 is 11.8 Å². The number of nitrogens with zero attached hydrogens (tertiary/aromatic N) is 1. The van der Waals surface area contributed by atoms with E-state index < -0.39 is 11.8 Å². The number of ether oxygens (including phenoxy) is 1. The van der Waals surface area contributed by atoms with Gasteiger partial charge in [0.05, 0.1) is 33.8 Å². The van der Waals surface area contributed by atoms with Gasteiger partial charge in [-0.15, -0.1) is 0 Å². The van der Waals surface area contributed by atoms with Gasteiger partial charge in [0.1, 0.15) is 11.8 Å². The van der Waals surface area contributed by atoms with E-state index in [1.54, 1.807) is 4.90 Å². The summed E-state index contributed by atoms with van der Waals surface area (Å²) in [7, 11) is 4.11. The van der Waals surface area contributed by atoms with E-state index in [4.69, 9.17) is 4.74 Å². The molecule has 6 nitrogen and oxygen atoms in total. The molecule has 1 heterocycles. The quantitative estimate of drug-likeness (QED) is 0.791. The maximum Gasteiger partial charge on any atom is 0.257 e. The molecule has 0 bridgehead atoms. The second-order valence-corrected chi connectivity index (χ2v) is 8.69. The van der Waals surface area contributed by atoms with Crippen molar-refractivity contribution in [2.75, 3.05) is 33.8 Å². The number of carbonyl (C=O) groups is 2. The number of nitrogens with one attached hydrogen (secondary N) is 2. The van der Waals surface area contributed by atoms with Gasteiger partial charge in [-0.1, -0.05) is 25.1 Å². The van der Waals surface area contributed by atoms with Crippen molar-refractivity contribution in [1.82, 2.24) is 10.2 Å². The van der Waals surface area contributed by atoms with E-state index in [9.17, 15) is 9.59 Å². The normalized spacial score (nSPS) is 27.4. The van der Waals surface area contributed by atoms with Crippen molar-refractivity contribution in [3.63, 3.8) is 0 Å². The standard InChI is InChI=1S/C22H33N3O3/c1-16-9-11-22(12-10-16)25(21(27)18-8-6-5-7-17(18)2)19(15-28-22)20(26)23-13-14-24(3)4/h5-8,16,19H,9-15H2,1-4H3,(H,23,26)/p+1/t16?,19-,22?/m0/s1. The summed E-state index contributed by atoms with van der Waals surface area (Å²) < 4.78 is 6.23. The zero-order valence-corrected chi connectivity index (χ0v) is 17.6. The number of hydrogen-bond acceptors (Lipinski definition) is 3. The number of benzene rings is 1. The van der Waals surface area contributed by atoms with Gasteiger partial charge >= 0.3 is 0 Å². The fourth-order valence-corrected chi connectivity index (χ4v) is 4.28. The smallest absolute Gasteiger partial charge is 0.257 e. The lowest BCUT2D eigenvalue weighted by Crippen LogP contribution is -3.06. The van der Waals surface area contributed by atoms with E-state index >= 15 is 0 Å². The Morgan fingerprint density at radius 3 is 2.57 bits per heavy atom. The van der Waals surface area contributed by atoms with Crippen LogP contribution in [0.15, 0.2) is 24.3 Å². The molecule has 1 spiro atoms. The van der Waals surface area contributed by atoms with Crippen LogP contribution >= 0.6 is 0 Å². The van der Waals surface area contributed by atoms with E-state index in [1.807, 2.05) is 31.2 Å². The topological polar surface area (TPSA) is 63.1 Å². The molecule has 1 aliphatic heterocycles. The molecule has 28 heavy (non-hydrogen) atoms. The molecule has 1 aliphatic carbocycles. The minimum atomic E-state index is -0.652. The molecule has 154 valence electrons. The number of quaternary nitrogens is 1. The fraction of sp³-hybridized carbons (Fsp3) is 0.636. The summed E-state index contributed by atoms with van der Waals surface area (Å²) in [6.07, 6.45) is 3.60. The third-order valence-corrected chi connectivity index (χ3v) is 6.14. The summed E-state index contributed by atoms with van der Waals surface area (Å²) in [4.78, 5) is 29.6. The van der Waals surface area contributed by atoms with Crippen LogP contribution in [0, 0.1) is 12.8 Å². The minimum Gasteiger partial charge on any atom is -0.353 e. The molecule has 2 fully saturated rings. The van der Waals surface area contributed by atoms with Gasteiger partial charge in [-0.3, -0.25) is 14.5 Å². The van der Waals surface area contributed by atoms with E-state index in [0.717, 1.165) is 37.8 Å². The van der Waals surface area contributed by atoms with Crippen molar-refractivity contribution < 1.29 is 19.2 Å². The summed E-state index contributed by atoms with van der Waals surface area (Å²) in [5, 5.41) is 3.00. The van der Waals surface area contributed by atoms with Gasteiger partial charge in [-0.2, -0.15) is 0 Å². The molecule has 1 aromatic rings. The van der Waals surface area contributed by atoms with Crippen molar-refractivity contribution in [3.8, 4) is 0 Å². The van der Waals surface area contributed by atoms with Crippen molar-refractivity contribution in [2.45, 2.75) is 51.3 Å². The first-order chi connectivity index (χ1) is 13.3. The number of amides is 2. The molecular weight excluding hydrogens is 354 g/mol. The lowest BCUT2D eigenvalue weighted by atomic mass is 9.83. The number of aryl methyl sites for hydroxylation is 1. The van der Waals surface area contributed by atoms with Crippen molar-refractivity contribution in [2.24, 2.45) is 5.92 Å². The average Bonchev–Trinajstić information content (AvgIpc) is 3.03. The molecular formula is C22H34N3O3+. The summed E-state index contributed by atoms with van der Waals surface area (Å²) in [6, 6.07) is 7.02. The summed E-state index contributed by atoms with van der Waals surface area (Å²) in [5.41, 5.74) is 0.927. The molecule has 1 saturated carbocycles. The predicted molar refractivity (Wildman–Crippen MR) is 108 cm³/mol. The van der Waals surface area contributed by atoms with E-state index in [2.05, 4.69) is 26.3 Å². The molecule has 6 heteroatoms. The highest BCUT2D eigenvalue weighted by molar-refractivity contribution is 5.99. The first-order valence-electron chi connectivity index (χ1n) is 10.4. The monoisotopic (exact) mass is 388 g/mol. The van der Waals surface area contributed by atoms with Crippen molar-refractivity contribution in [3.05, 3.63) is 35.4 Å². The molecule has 2 aliphatic rings.